The zero-order chi connectivity index (χ0) is 20.4. The molecule has 0 saturated carbocycles. The molecule has 4 N–H and O–H groups in total. The summed E-state index contributed by atoms with van der Waals surface area (Å²) in [4.78, 5) is 37.0. The first-order chi connectivity index (χ1) is 12.8. The molecule has 3 atom stereocenters. The zero-order valence-electron chi connectivity index (χ0n) is 16.5. The van der Waals surface area contributed by atoms with Gasteiger partial charge in [-0.25, -0.2) is 4.79 Å². The highest BCUT2D eigenvalue weighted by Crippen LogP contribution is 2.09. The van der Waals surface area contributed by atoms with Crippen LogP contribution in [0.15, 0.2) is 30.3 Å². The lowest BCUT2D eigenvalue weighted by atomic mass is 10.0. The van der Waals surface area contributed by atoms with E-state index in [0.29, 0.717) is 19.3 Å². The van der Waals surface area contributed by atoms with Gasteiger partial charge in [-0.15, -0.1) is 0 Å². The van der Waals surface area contributed by atoms with Crippen molar-refractivity contribution in [2.75, 3.05) is 7.11 Å². The summed E-state index contributed by atoms with van der Waals surface area (Å²) in [6, 6.07) is 7.06. The van der Waals surface area contributed by atoms with Crippen LogP contribution in [0.2, 0.25) is 0 Å². The van der Waals surface area contributed by atoms with Crippen LogP contribution in [0.25, 0.3) is 0 Å². The smallest absolute Gasteiger partial charge is 0.328 e. The summed E-state index contributed by atoms with van der Waals surface area (Å²) >= 11 is 0. The summed E-state index contributed by atoms with van der Waals surface area (Å²) in [7, 11) is 1.28. The standard InChI is InChI=1S/C20H31N3O4/c1-5-15(21)18(24)22-16(11-13(2)3)19(25)23-17(20(26)27-4)12-14-9-7-6-8-10-14/h6-10,13,15-17H,5,11-12,21H2,1-4H3,(H,22,24)(H,23,25)/t15-,16+,17+/m1/s1. The molecule has 0 saturated heterocycles. The van der Waals surface area contributed by atoms with E-state index in [9.17, 15) is 14.4 Å². The van der Waals surface area contributed by atoms with Crippen LogP contribution < -0.4 is 16.4 Å². The first-order valence-corrected chi connectivity index (χ1v) is 9.26. The fraction of sp³-hybridized carbons (Fsp3) is 0.550. The third-order valence-corrected chi connectivity index (χ3v) is 4.20. The summed E-state index contributed by atoms with van der Waals surface area (Å²) in [6.07, 6.45) is 1.21. The molecule has 0 aliphatic rings. The molecule has 0 aromatic heterocycles. The van der Waals surface area contributed by atoms with Gasteiger partial charge in [-0.2, -0.15) is 0 Å². The van der Waals surface area contributed by atoms with Crippen LogP contribution in [0.3, 0.4) is 0 Å². The van der Waals surface area contributed by atoms with Gasteiger partial charge in [-0.1, -0.05) is 51.1 Å². The second kappa shape index (κ2) is 11.3. The highest BCUT2D eigenvalue weighted by atomic mass is 16.5. The topological polar surface area (TPSA) is 111 Å². The van der Waals surface area contributed by atoms with E-state index in [2.05, 4.69) is 10.6 Å². The molecule has 1 aromatic rings. The van der Waals surface area contributed by atoms with Crippen LogP contribution in [-0.2, 0) is 25.5 Å². The number of amides is 2. The second-order valence-electron chi connectivity index (χ2n) is 6.98. The Kier molecular flexibility index (Phi) is 9.50. The molecule has 0 bridgehead atoms. The van der Waals surface area contributed by atoms with Gasteiger partial charge in [0.25, 0.3) is 0 Å². The molecular formula is C20H31N3O4. The zero-order valence-corrected chi connectivity index (χ0v) is 16.5. The number of benzene rings is 1. The Hall–Kier alpha value is -2.41. The van der Waals surface area contributed by atoms with Gasteiger partial charge in [0.2, 0.25) is 11.8 Å². The maximum absolute atomic E-state index is 12.8. The minimum atomic E-state index is -0.837. The van der Waals surface area contributed by atoms with Crippen molar-refractivity contribution in [3.63, 3.8) is 0 Å². The van der Waals surface area contributed by atoms with Gasteiger partial charge < -0.3 is 21.1 Å². The Bertz CT molecular complexity index is 619. The number of rotatable bonds is 10. The van der Waals surface area contributed by atoms with Gasteiger partial charge >= 0.3 is 5.97 Å². The van der Waals surface area contributed by atoms with E-state index >= 15 is 0 Å². The third kappa shape index (κ3) is 7.78. The van der Waals surface area contributed by atoms with Gasteiger partial charge in [0.1, 0.15) is 12.1 Å². The summed E-state index contributed by atoms with van der Waals surface area (Å²) in [5.41, 5.74) is 6.65. The van der Waals surface area contributed by atoms with Gasteiger partial charge in [0.05, 0.1) is 13.2 Å². The number of nitrogens with two attached hydrogens (primary N) is 1. The maximum Gasteiger partial charge on any atom is 0.328 e. The SMILES string of the molecule is CC[C@@H](N)C(=O)N[C@@H](CC(C)C)C(=O)N[C@@H](Cc1ccccc1)C(=O)OC. The Morgan fingerprint density at radius 3 is 2.15 bits per heavy atom. The van der Waals surface area contributed by atoms with Crippen molar-refractivity contribution in [1.82, 2.24) is 10.6 Å². The normalized spacial score (nSPS) is 14.1. The summed E-state index contributed by atoms with van der Waals surface area (Å²) in [5, 5.41) is 5.41. The van der Waals surface area contributed by atoms with Crippen molar-refractivity contribution < 1.29 is 19.1 Å². The van der Waals surface area contributed by atoms with Gasteiger partial charge in [0, 0.05) is 6.42 Å². The number of carbonyl (C=O) groups is 3. The van der Waals surface area contributed by atoms with Crippen molar-refractivity contribution >= 4 is 17.8 Å². The van der Waals surface area contributed by atoms with Crippen molar-refractivity contribution in [3.8, 4) is 0 Å². The number of hydrogen-bond donors (Lipinski definition) is 3. The van der Waals surface area contributed by atoms with Crippen LogP contribution in [0.5, 0.6) is 0 Å². The highest BCUT2D eigenvalue weighted by molar-refractivity contribution is 5.92. The minimum Gasteiger partial charge on any atom is -0.467 e. The van der Waals surface area contributed by atoms with Crippen molar-refractivity contribution in [3.05, 3.63) is 35.9 Å². The molecule has 0 spiro atoms. The van der Waals surface area contributed by atoms with E-state index in [-0.39, 0.29) is 11.8 Å². The Balaban J connectivity index is 2.89. The van der Waals surface area contributed by atoms with E-state index in [0.717, 1.165) is 5.56 Å². The van der Waals surface area contributed by atoms with Gasteiger partial charge in [-0.05, 0) is 24.3 Å². The molecule has 0 radical (unpaired) electrons. The predicted molar refractivity (Wildman–Crippen MR) is 104 cm³/mol. The van der Waals surface area contributed by atoms with E-state index in [1.807, 2.05) is 44.2 Å². The van der Waals surface area contributed by atoms with Crippen LogP contribution in [-0.4, -0.2) is 43.0 Å². The molecule has 1 aromatic carbocycles. The number of hydrogen-bond acceptors (Lipinski definition) is 5. The maximum atomic E-state index is 12.8. The number of carbonyl (C=O) groups excluding carboxylic acids is 3. The molecule has 7 heteroatoms. The first-order valence-electron chi connectivity index (χ1n) is 9.26. The van der Waals surface area contributed by atoms with Crippen molar-refractivity contribution in [1.29, 1.82) is 0 Å². The fourth-order valence-electron chi connectivity index (χ4n) is 2.62. The number of nitrogens with one attached hydrogen (secondary N) is 2. The van der Waals surface area contributed by atoms with Crippen LogP contribution in [0.4, 0.5) is 0 Å². The summed E-state index contributed by atoms with van der Waals surface area (Å²) < 4.78 is 4.82. The Morgan fingerprint density at radius 2 is 1.63 bits per heavy atom. The molecular weight excluding hydrogens is 346 g/mol. The molecule has 0 heterocycles. The van der Waals surface area contributed by atoms with Crippen LogP contribution >= 0.6 is 0 Å². The quantitative estimate of drug-likeness (QED) is 0.530. The lowest BCUT2D eigenvalue weighted by Gasteiger charge is -2.24. The molecule has 0 fully saturated rings. The molecule has 150 valence electrons. The molecule has 0 aliphatic carbocycles. The van der Waals surface area contributed by atoms with Crippen molar-refractivity contribution in [2.45, 2.75) is 58.2 Å². The number of methoxy groups -OCH3 is 1. The molecule has 1 rings (SSSR count). The largest absolute Gasteiger partial charge is 0.467 e. The van der Waals surface area contributed by atoms with Crippen LogP contribution in [0.1, 0.15) is 39.2 Å². The molecule has 2 amide bonds. The van der Waals surface area contributed by atoms with E-state index in [1.54, 1.807) is 6.92 Å². The van der Waals surface area contributed by atoms with Crippen LogP contribution in [0, 0.1) is 5.92 Å². The average molecular weight is 377 g/mol. The highest BCUT2D eigenvalue weighted by Gasteiger charge is 2.28. The molecule has 7 nitrogen and oxygen atoms in total. The van der Waals surface area contributed by atoms with Gasteiger partial charge in [0.15, 0.2) is 0 Å². The third-order valence-electron chi connectivity index (χ3n) is 4.20. The fourth-order valence-corrected chi connectivity index (χ4v) is 2.62. The minimum absolute atomic E-state index is 0.171. The monoisotopic (exact) mass is 377 g/mol. The lowest BCUT2D eigenvalue weighted by Crippen LogP contribution is -2.55. The summed E-state index contributed by atoms with van der Waals surface area (Å²) in [5.74, 6) is -1.17. The van der Waals surface area contributed by atoms with E-state index < -0.39 is 30.0 Å². The van der Waals surface area contributed by atoms with E-state index in [4.69, 9.17) is 10.5 Å². The molecule has 0 aliphatic heterocycles. The Morgan fingerprint density at radius 1 is 1.04 bits per heavy atom. The predicted octanol–water partition coefficient (Wildman–Crippen LogP) is 1.16. The number of esters is 1. The molecule has 27 heavy (non-hydrogen) atoms. The van der Waals surface area contributed by atoms with Crippen molar-refractivity contribution in [2.24, 2.45) is 11.7 Å². The second-order valence-corrected chi connectivity index (χ2v) is 6.98. The lowest BCUT2D eigenvalue weighted by molar-refractivity contribution is -0.145. The number of ether oxygens (including phenoxy) is 1. The average Bonchev–Trinajstić information content (AvgIpc) is 2.65. The van der Waals surface area contributed by atoms with Gasteiger partial charge in [-0.3, -0.25) is 9.59 Å². The first kappa shape index (κ1) is 22.6. The Labute approximate surface area is 161 Å². The summed E-state index contributed by atoms with van der Waals surface area (Å²) in [6.45, 7) is 5.71. The molecule has 0 unspecified atom stereocenters. The van der Waals surface area contributed by atoms with E-state index in [1.165, 1.54) is 7.11 Å².